The summed E-state index contributed by atoms with van der Waals surface area (Å²) >= 11 is 3.33. The lowest BCUT2D eigenvalue weighted by Crippen LogP contribution is -2.13. The molecule has 0 radical (unpaired) electrons. The summed E-state index contributed by atoms with van der Waals surface area (Å²) in [6.45, 7) is 5.76. The molecule has 0 bridgehead atoms. The third kappa shape index (κ3) is 3.95. The minimum atomic E-state index is -0.472. The van der Waals surface area contributed by atoms with Gasteiger partial charge in [0, 0.05) is 18.7 Å². The molecule has 2 rings (SSSR count). The van der Waals surface area contributed by atoms with Crippen molar-refractivity contribution in [2.75, 3.05) is 0 Å². The summed E-state index contributed by atoms with van der Waals surface area (Å²) in [5.74, 6) is -0.472. The van der Waals surface area contributed by atoms with Gasteiger partial charge in [-0.05, 0) is 42.3 Å². The van der Waals surface area contributed by atoms with E-state index >= 15 is 0 Å². The van der Waals surface area contributed by atoms with E-state index in [9.17, 15) is 14.9 Å². The molecule has 0 aliphatic heterocycles. The van der Waals surface area contributed by atoms with Gasteiger partial charge in [0.05, 0.1) is 16.7 Å². The molecule has 0 saturated heterocycles. The van der Waals surface area contributed by atoms with Crippen molar-refractivity contribution in [2.45, 2.75) is 33.4 Å². The van der Waals surface area contributed by atoms with E-state index < -0.39 is 10.9 Å². The Labute approximate surface area is 141 Å². The van der Waals surface area contributed by atoms with E-state index in [1.165, 1.54) is 12.1 Å². The highest BCUT2D eigenvalue weighted by molar-refractivity contribution is 9.10. The zero-order valence-corrected chi connectivity index (χ0v) is 14.5. The molecule has 0 unspecified atom stereocenters. The molecular weight excluding hydrogens is 366 g/mol. The second kappa shape index (κ2) is 6.91. The lowest BCUT2D eigenvalue weighted by Gasteiger charge is -2.09. The molecule has 0 saturated carbocycles. The third-order valence-electron chi connectivity index (χ3n) is 3.20. The minimum Gasteiger partial charge on any atom is -0.458 e. The average molecular weight is 382 g/mol. The van der Waals surface area contributed by atoms with Gasteiger partial charge in [0.2, 0.25) is 0 Å². The first-order valence-corrected chi connectivity index (χ1v) is 7.75. The molecule has 0 spiro atoms. The van der Waals surface area contributed by atoms with Crippen LogP contribution in [0.15, 0.2) is 29.0 Å². The van der Waals surface area contributed by atoms with Crippen molar-refractivity contribution in [2.24, 2.45) is 0 Å². The van der Waals surface area contributed by atoms with E-state index in [1.807, 2.05) is 0 Å². The molecule has 7 nitrogen and oxygen atoms in total. The average Bonchev–Trinajstić information content (AvgIpc) is 2.75. The first kappa shape index (κ1) is 17.1. The van der Waals surface area contributed by atoms with Crippen molar-refractivity contribution in [3.63, 3.8) is 0 Å². The second-order valence-electron chi connectivity index (χ2n) is 5.28. The number of benzene rings is 1. The van der Waals surface area contributed by atoms with Gasteiger partial charge in [0.1, 0.15) is 0 Å². The van der Waals surface area contributed by atoms with Crippen molar-refractivity contribution < 1.29 is 14.5 Å². The summed E-state index contributed by atoms with van der Waals surface area (Å²) in [4.78, 5) is 26.5. The largest absolute Gasteiger partial charge is 0.458 e. The maximum Gasteiger partial charge on any atom is 0.359 e. The topological polar surface area (TPSA) is 87.3 Å². The standard InChI is InChI=1S/C15H16BrN3O4/c1-9(2)23-14(20)13-10(3)18(15(16)17-13)8-11-4-6-12(7-5-11)19(21)22/h4-7,9H,8H2,1-3H3. The summed E-state index contributed by atoms with van der Waals surface area (Å²) in [6.07, 6.45) is -0.222. The van der Waals surface area contributed by atoms with Crippen LogP contribution in [0.4, 0.5) is 5.69 Å². The Morgan fingerprint density at radius 3 is 2.52 bits per heavy atom. The molecular formula is C15H16BrN3O4. The number of aromatic nitrogens is 2. The molecule has 1 aromatic carbocycles. The molecule has 122 valence electrons. The van der Waals surface area contributed by atoms with Gasteiger partial charge >= 0.3 is 5.97 Å². The number of hydrogen-bond acceptors (Lipinski definition) is 5. The number of carbonyl (C=O) groups is 1. The van der Waals surface area contributed by atoms with Gasteiger partial charge in [0.25, 0.3) is 5.69 Å². The van der Waals surface area contributed by atoms with Gasteiger partial charge in [-0.3, -0.25) is 10.1 Å². The van der Waals surface area contributed by atoms with Gasteiger partial charge in [-0.1, -0.05) is 12.1 Å². The third-order valence-corrected chi connectivity index (χ3v) is 3.80. The molecule has 0 atom stereocenters. The van der Waals surface area contributed by atoms with Crippen molar-refractivity contribution >= 4 is 27.6 Å². The lowest BCUT2D eigenvalue weighted by molar-refractivity contribution is -0.384. The molecule has 0 amide bonds. The Bertz CT molecular complexity index is 738. The zero-order valence-electron chi connectivity index (χ0n) is 12.9. The van der Waals surface area contributed by atoms with Crippen LogP contribution in [0.2, 0.25) is 0 Å². The fourth-order valence-electron chi connectivity index (χ4n) is 2.05. The monoisotopic (exact) mass is 381 g/mol. The maximum absolute atomic E-state index is 12.0. The van der Waals surface area contributed by atoms with Gasteiger partial charge in [-0.2, -0.15) is 0 Å². The normalized spacial score (nSPS) is 10.8. The maximum atomic E-state index is 12.0. The fourth-order valence-corrected chi connectivity index (χ4v) is 2.62. The SMILES string of the molecule is Cc1c(C(=O)OC(C)C)nc(Br)n1Cc1ccc([N+](=O)[O-])cc1. The van der Waals surface area contributed by atoms with Crippen LogP contribution in [0.3, 0.4) is 0 Å². The predicted molar refractivity (Wildman–Crippen MR) is 87.4 cm³/mol. The number of nitro groups is 1. The predicted octanol–water partition coefficient (Wildman–Crippen LogP) is 3.48. The van der Waals surface area contributed by atoms with Crippen LogP contribution >= 0.6 is 15.9 Å². The van der Waals surface area contributed by atoms with E-state index in [4.69, 9.17) is 4.74 Å². The molecule has 1 heterocycles. The molecule has 1 aromatic heterocycles. The Morgan fingerprint density at radius 1 is 1.39 bits per heavy atom. The molecule has 0 aliphatic rings. The number of esters is 1. The van der Waals surface area contributed by atoms with E-state index in [-0.39, 0.29) is 17.5 Å². The number of imidazole rings is 1. The Balaban J connectivity index is 2.25. The number of ether oxygens (including phenoxy) is 1. The van der Waals surface area contributed by atoms with Crippen LogP contribution in [0.5, 0.6) is 0 Å². The van der Waals surface area contributed by atoms with E-state index in [0.717, 1.165) is 5.56 Å². The number of nitro benzene ring substituents is 1. The molecule has 8 heteroatoms. The van der Waals surface area contributed by atoms with E-state index in [0.29, 0.717) is 17.0 Å². The lowest BCUT2D eigenvalue weighted by atomic mass is 10.2. The quantitative estimate of drug-likeness (QED) is 0.449. The Hall–Kier alpha value is -2.22. The van der Waals surface area contributed by atoms with Crippen LogP contribution in [0, 0.1) is 17.0 Å². The van der Waals surface area contributed by atoms with Crippen molar-refractivity contribution in [3.8, 4) is 0 Å². The second-order valence-corrected chi connectivity index (χ2v) is 5.99. The highest BCUT2D eigenvalue weighted by atomic mass is 79.9. The van der Waals surface area contributed by atoms with Crippen molar-refractivity contribution in [1.29, 1.82) is 0 Å². The summed E-state index contributed by atoms with van der Waals surface area (Å²) in [5, 5.41) is 10.7. The molecule has 23 heavy (non-hydrogen) atoms. The molecule has 0 fully saturated rings. The Kier molecular flexibility index (Phi) is 5.15. The first-order chi connectivity index (χ1) is 10.8. The summed E-state index contributed by atoms with van der Waals surface area (Å²) in [7, 11) is 0. The number of carbonyl (C=O) groups excluding carboxylic acids is 1. The van der Waals surface area contributed by atoms with Crippen LogP contribution in [0.1, 0.15) is 35.6 Å². The summed E-state index contributed by atoms with van der Waals surface area (Å²) < 4.78 is 7.47. The number of halogens is 1. The highest BCUT2D eigenvalue weighted by Gasteiger charge is 2.20. The molecule has 0 N–H and O–H groups in total. The summed E-state index contributed by atoms with van der Waals surface area (Å²) in [5.41, 5.74) is 1.82. The number of non-ortho nitro benzene ring substituents is 1. The Morgan fingerprint density at radius 2 is 2.00 bits per heavy atom. The highest BCUT2D eigenvalue weighted by Crippen LogP contribution is 2.20. The van der Waals surface area contributed by atoms with Crippen LogP contribution in [0.25, 0.3) is 0 Å². The number of rotatable bonds is 5. The summed E-state index contributed by atoms with van der Waals surface area (Å²) in [6, 6.07) is 6.25. The smallest absolute Gasteiger partial charge is 0.359 e. The van der Waals surface area contributed by atoms with E-state index in [1.54, 1.807) is 37.5 Å². The van der Waals surface area contributed by atoms with Crippen molar-refractivity contribution in [1.82, 2.24) is 9.55 Å². The van der Waals surface area contributed by atoms with Crippen LogP contribution in [-0.2, 0) is 11.3 Å². The number of hydrogen-bond donors (Lipinski definition) is 0. The van der Waals surface area contributed by atoms with Crippen LogP contribution < -0.4 is 0 Å². The zero-order chi connectivity index (χ0) is 17.1. The van der Waals surface area contributed by atoms with Gasteiger partial charge in [0.15, 0.2) is 10.4 Å². The first-order valence-electron chi connectivity index (χ1n) is 6.96. The fraction of sp³-hybridized carbons (Fsp3) is 0.333. The van der Waals surface area contributed by atoms with Crippen LogP contribution in [-0.4, -0.2) is 26.5 Å². The van der Waals surface area contributed by atoms with Gasteiger partial charge < -0.3 is 9.30 Å². The van der Waals surface area contributed by atoms with Gasteiger partial charge in [-0.15, -0.1) is 0 Å². The van der Waals surface area contributed by atoms with Gasteiger partial charge in [-0.25, -0.2) is 9.78 Å². The minimum absolute atomic E-state index is 0.0383. The van der Waals surface area contributed by atoms with Crippen molar-refractivity contribution in [3.05, 3.63) is 56.1 Å². The van der Waals surface area contributed by atoms with E-state index in [2.05, 4.69) is 20.9 Å². The number of nitrogens with zero attached hydrogens (tertiary/aromatic N) is 3. The molecule has 0 aliphatic carbocycles. The molecule has 2 aromatic rings.